The molecular formula is C8H10N2O2. The molecule has 1 aliphatic heterocycles. The molecule has 0 saturated carbocycles. The Labute approximate surface area is 81.5 Å². The Morgan fingerprint density at radius 2 is 2.67 bits per heavy atom. The standard InChI is InChI=1S/C8H10N2O2/c9-8-2-1-6(3-10-8)12-7-4-11-5-7/h1-3,7H,4-5H2,(H2,9,10)/i1D,2D,3D,4D2,5D2,7D. The fraction of sp³-hybridized carbons (Fsp3) is 0.375. The molecule has 4 heteroatoms. The third-order valence-electron chi connectivity index (χ3n) is 1.07. The average molecular weight is 174 g/mol. The highest BCUT2D eigenvalue weighted by Gasteiger charge is 2.19. The lowest BCUT2D eigenvalue weighted by atomic mass is 10.3. The van der Waals surface area contributed by atoms with Crippen molar-refractivity contribution in [3.8, 4) is 5.75 Å². The maximum absolute atomic E-state index is 7.74. The van der Waals surface area contributed by atoms with E-state index >= 15 is 0 Å². The molecule has 12 heavy (non-hydrogen) atoms. The molecule has 0 spiro atoms. The molecular weight excluding hydrogens is 156 g/mol. The van der Waals surface area contributed by atoms with Gasteiger partial charge >= 0.3 is 0 Å². The van der Waals surface area contributed by atoms with Crippen LogP contribution in [0.25, 0.3) is 0 Å². The zero-order chi connectivity index (χ0) is 15.5. The van der Waals surface area contributed by atoms with Gasteiger partial charge in [0.15, 0.2) is 0 Å². The van der Waals surface area contributed by atoms with Crippen LogP contribution in [0, 0.1) is 0 Å². The van der Waals surface area contributed by atoms with Crippen molar-refractivity contribution in [3.63, 3.8) is 0 Å². The third kappa shape index (κ3) is 1.48. The zero-order valence-corrected chi connectivity index (χ0v) is 5.84. The summed E-state index contributed by atoms with van der Waals surface area (Å²) in [6, 6.07) is -1.23. The SMILES string of the molecule is [2H]c1nc(N)c([2H])c([2H])c1OC1([2H])C([2H])([2H])OC1([2H])[2H]. The summed E-state index contributed by atoms with van der Waals surface area (Å²) in [4.78, 5) is 3.41. The molecule has 0 radical (unpaired) electrons. The summed E-state index contributed by atoms with van der Waals surface area (Å²) in [5.41, 5.74) is 5.29. The summed E-state index contributed by atoms with van der Waals surface area (Å²) < 4.78 is 68.8. The number of nitrogens with zero attached hydrogens (tertiary/aromatic N) is 1. The fourth-order valence-corrected chi connectivity index (χ4v) is 0.572. The molecule has 1 aromatic heterocycles. The highest BCUT2D eigenvalue weighted by atomic mass is 16.6. The maximum atomic E-state index is 7.74. The van der Waals surface area contributed by atoms with Gasteiger partial charge in [-0.1, -0.05) is 0 Å². The van der Waals surface area contributed by atoms with Crippen molar-refractivity contribution in [1.29, 1.82) is 0 Å². The quantitative estimate of drug-likeness (QED) is 0.707. The Kier molecular flexibility index (Phi) is 0.647. The first-order valence-corrected chi connectivity index (χ1v) is 3.05. The Morgan fingerprint density at radius 3 is 3.42 bits per heavy atom. The lowest BCUT2D eigenvalue weighted by molar-refractivity contribution is -0.0797. The largest absolute Gasteiger partial charge is 0.484 e. The van der Waals surface area contributed by atoms with E-state index in [2.05, 4.69) is 9.72 Å². The minimum absolute atomic E-state index is 0.387. The number of pyridine rings is 1. The second-order valence-corrected chi connectivity index (χ2v) is 1.93. The maximum Gasteiger partial charge on any atom is 0.145 e. The number of hydrogen-bond donors (Lipinski definition) is 1. The molecule has 0 bridgehead atoms. The van der Waals surface area contributed by atoms with Gasteiger partial charge in [-0.25, -0.2) is 4.98 Å². The van der Waals surface area contributed by atoms with Crippen molar-refractivity contribution >= 4 is 5.82 Å². The molecule has 0 atom stereocenters. The predicted molar refractivity (Wildman–Crippen MR) is 43.9 cm³/mol. The number of hydrogen-bond acceptors (Lipinski definition) is 4. The van der Waals surface area contributed by atoms with E-state index in [1.54, 1.807) is 0 Å². The molecule has 2 N–H and O–H groups in total. The van der Waals surface area contributed by atoms with Gasteiger partial charge in [0.1, 0.15) is 17.6 Å². The van der Waals surface area contributed by atoms with E-state index in [1.807, 2.05) is 0 Å². The van der Waals surface area contributed by atoms with Crippen LogP contribution in [0.1, 0.15) is 11.0 Å². The summed E-state index contributed by atoms with van der Waals surface area (Å²) in [6.45, 7) is -5.56. The average Bonchev–Trinajstić information content (AvgIpc) is 2.30. The Balaban J connectivity index is 2.48. The van der Waals surface area contributed by atoms with E-state index in [0.717, 1.165) is 0 Å². The van der Waals surface area contributed by atoms with E-state index in [1.165, 1.54) is 0 Å². The van der Waals surface area contributed by atoms with Crippen LogP contribution in [-0.4, -0.2) is 24.2 Å². The van der Waals surface area contributed by atoms with Crippen LogP contribution in [0.4, 0.5) is 5.82 Å². The van der Waals surface area contributed by atoms with Crippen molar-refractivity contribution in [2.45, 2.75) is 6.08 Å². The van der Waals surface area contributed by atoms with Gasteiger partial charge in [-0.15, -0.1) is 0 Å². The van der Waals surface area contributed by atoms with Crippen LogP contribution >= 0.6 is 0 Å². The van der Waals surface area contributed by atoms with E-state index in [4.69, 9.17) is 21.4 Å². The lowest BCUT2D eigenvalue weighted by Crippen LogP contribution is -2.38. The van der Waals surface area contributed by atoms with Gasteiger partial charge < -0.3 is 15.2 Å². The molecule has 0 aromatic carbocycles. The van der Waals surface area contributed by atoms with Crippen LogP contribution < -0.4 is 10.5 Å². The van der Waals surface area contributed by atoms with Gasteiger partial charge in [-0.2, -0.15) is 0 Å². The molecule has 0 aliphatic carbocycles. The van der Waals surface area contributed by atoms with E-state index in [0.29, 0.717) is 0 Å². The molecule has 64 valence electrons. The van der Waals surface area contributed by atoms with E-state index in [-0.39, 0.29) is 5.82 Å². The molecule has 1 aromatic rings. The first-order valence-electron chi connectivity index (χ1n) is 7.05. The number of anilines is 1. The van der Waals surface area contributed by atoms with E-state index < -0.39 is 43.2 Å². The zero-order valence-electron chi connectivity index (χ0n) is 13.8. The van der Waals surface area contributed by atoms with Crippen LogP contribution in [-0.2, 0) is 4.74 Å². The number of rotatable bonds is 2. The topological polar surface area (TPSA) is 57.4 Å². The minimum Gasteiger partial charge on any atom is -0.484 e. The molecule has 1 aliphatic rings. The third-order valence-corrected chi connectivity index (χ3v) is 1.07. The molecule has 0 unspecified atom stereocenters. The highest BCUT2D eigenvalue weighted by Crippen LogP contribution is 2.15. The molecule has 2 heterocycles. The molecule has 1 saturated heterocycles. The van der Waals surface area contributed by atoms with Crippen LogP contribution in [0.2, 0.25) is 0 Å². The van der Waals surface area contributed by atoms with Crippen molar-refractivity contribution < 1.29 is 20.4 Å². The van der Waals surface area contributed by atoms with Crippen molar-refractivity contribution in [3.05, 3.63) is 18.3 Å². The monoisotopic (exact) mass is 174 g/mol. The second kappa shape index (κ2) is 2.98. The number of nitrogen functional groups attached to an aromatic ring is 1. The van der Waals surface area contributed by atoms with Crippen molar-refractivity contribution in [2.75, 3.05) is 18.9 Å². The number of nitrogens with two attached hydrogens (primary N) is 1. The molecule has 1 fully saturated rings. The molecule has 4 nitrogen and oxygen atoms in total. The summed E-state index contributed by atoms with van der Waals surface area (Å²) in [7, 11) is 0. The normalized spacial score (nSPS) is 37.7. The van der Waals surface area contributed by atoms with Crippen LogP contribution in [0.15, 0.2) is 18.3 Å². The summed E-state index contributed by atoms with van der Waals surface area (Å²) >= 11 is 0. The van der Waals surface area contributed by atoms with Gasteiger partial charge in [-0.3, -0.25) is 0 Å². The number of aromatic nitrogens is 1. The van der Waals surface area contributed by atoms with Crippen LogP contribution in [0.5, 0.6) is 5.75 Å². The Hall–Kier alpha value is -1.29. The smallest absolute Gasteiger partial charge is 0.145 e. The van der Waals surface area contributed by atoms with Crippen LogP contribution in [0.3, 0.4) is 0 Å². The minimum atomic E-state index is -2.82. The van der Waals surface area contributed by atoms with Crippen molar-refractivity contribution in [2.24, 2.45) is 0 Å². The fourth-order valence-electron chi connectivity index (χ4n) is 0.572. The summed E-state index contributed by atoms with van der Waals surface area (Å²) in [5, 5.41) is 0. The Bertz CT molecular complexity index is 564. The van der Waals surface area contributed by atoms with Gasteiger partial charge in [0, 0.05) is 0 Å². The first kappa shape index (κ1) is 2.60. The van der Waals surface area contributed by atoms with Crippen molar-refractivity contribution in [1.82, 2.24) is 4.98 Å². The van der Waals surface area contributed by atoms with Gasteiger partial charge in [0.25, 0.3) is 0 Å². The van der Waals surface area contributed by atoms with Gasteiger partial charge in [-0.05, 0) is 12.1 Å². The molecule has 0 amide bonds. The Morgan fingerprint density at radius 1 is 1.83 bits per heavy atom. The summed E-state index contributed by atoms with van der Waals surface area (Å²) in [6.07, 6.45) is -3.51. The van der Waals surface area contributed by atoms with Gasteiger partial charge in [0.2, 0.25) is 0 Å². The highest BCUT2D eigenvalue weighted by molar-refractivity contribution is 5.32. The first-order chi connectivity index (χ1) is 8.93. The van der Waals surface area contributed by atoms with Gasteiger partial charge in [0.05, 0.1) is 30.3 Å². The predicted octanol–water partition coefficient (Wildman–Crippen LogP) is 0.441. The van der Waals surface area contributed by atoms with E-state index in [9.17, 15) is 0 Å². The second-order valence-electron chi connectivity index (χ2n) is 1.93. The lowest BCUT2D eigenvalue weighted by Gasteiger charge is -2.26. The number of ether oxygens (including phenoxy) is 2. The molecule has 2 rings (SSSR count). The summed E-state index contributed by atoms with van der Waals surface area (Å²) in [5.74, 6) is -1.09.